The van der Waals surface area contributed by atoms with Gasteiger partial charge < -0.3 is 14.8 Å². The van der Waals surface area contributed by atoms with Crippen molar-refractivity contribution in [2.45, 2.75) is 0 Å². The quantitative estimate of drug-likeness (QED) is 0.366. The predicted octanol–water partition coefficient (Wildman–Crippen LogP) is 2.35. The molecular formula is C14H11ClN4O6. The fourth-order valence-corrected chi connectivity index (χ4v) is 2.02. The number of rotatable bonds is 5. The summed E-state index contributed by atoms with van der Waals surface area (Å²) < 4.78 is 9.27. The van der Waals surface area contributed by atoms with E-state index in [1.165, 1.54) is 32.4 Å². The highest BCUT2D eigenvalue weighted by molar-refractivity contribution is 6.28. The van der Waals surface area contributed by atoms with Crippen LogP contribution in [0.1, 0.15) is 20.7 Å². The van der Waals surface area contributed by atoms with Crippen LogP contribution < -0.4 is 5.32 Å². The third-order valence-corrected chi connectivity index (χ3v) is 3.22. The first kappa shape index (κ1) is 18.1. The number of hydrogen-bond acceptors (Lipinski definition) is 9. The van der Waals surface area contributed by atoms with Crippen LogP contribution in [0.3, 0.4) is 0 Å². The maximum atomic E-state index is 11.9. The number of carbonyl (C=O) groups excluding carboxylic acids is 2. The van der Waals surface area contributed by atoms with E-state index in [0.29, 0.717) is 0 Å². The summed E-state index contributed by atoms with van der Waals surface area (Å²) in [6.07, 6.45) is 0.916. The van der Waals surface area contributed by atoms with E-state index in [4.69, 9.17) is 11.6 Å². The number of carbonyl (C=O) groups is 2. The van der Waals surface area contributed by atoms with Gasteiger partial charge in [0.1, 0.15) is 6.20 Å². The van der Waals surface area contributed by atoms with Gasteiger partial charge in [0.2, 0.25) is 11.1 Å². The molecule has 1 aromatic carbocycles. The van der Waals surface area contributed by atoms with Crippen LogP contribution in [0.5, 0.6) is 0 Å². The second kappa shape index (κ2) is 7.53. The second-order valence-corrected chi connectivity index (χ2v) is 4.84. The zero-order valence-corrected chi connectivity index (χ0v) is 13.7. The van der Waals surface area contributed by atoms with E-state index in [9.17, 15) is 19.7 Å². The lowest BCUT2D eigenvalue weighted by Crippen LogP contribution is -2.10. The molecule has 0 aliphatic rings. The van der Waals surface area contributed by atoms with E-state index in [0.717, 1.165) is 6.20 Å². The van der Waals surface area contributed by atoms with Gasteiger partial charge in [-0.3, -0.25) is 10.1 Å². The van der Waals surface area contributed by atoms with Crippen molar-refractivity contribution in [2.24, 2.45) is 0 Å². The summed E-state index contributed by atoms with van der Waals surface area (Å²) in [7, 11) is 2.36. The Bertz CT molecular complexity index is 857. The van der Waals surface area contributed by atoms with Crippen molar-refractivity contribution in [3.05, 3.63) is 50.9 Å². The van der Waals surface area contributed by atoms with Gasteiger partial charge >= 0.3 is 17.6 Å². The number of hydrogen-bond donors (Lipinski definition) is 1. The molecule has 1 N–H and O–H groups in total. The largest absolute Gasteiger partial charge is 0.465 e. The first-order valence-corrected chi connectivity index (χ1v) is 6.99. The number of halogens is 1. The molecule has 10 nitrogen and oxygen atoms in total. The SMILES string of the molecule is COC(=O)c1ccc(C(=O)OC)c(Nc2nc(Cl)ncc2[N+](=O)[O-])c1. The van der Waals surface area contributed by atoms with Gasteiger partial charge in [-0.25, -0.2) is 14.6 Å². The molecule has 0 unspecified atom stereocenters. The second-order valence-electron chi connectivity index (χ2n) is 4.50. The average Bonchev–Trinajstić information content (AvgIpc) is 2.60. The predicted molar refractivity (Wildman–Crippen MR) is 86.1 cm³/mol. The number of anilines is 2. The third-order valence-electron chi connectivity index (χ3n) is 3.04. The summed E-state index contributed by atoms with van der Waals surface area (Å²) in [6.45, 7) is 0. The number of ether oxygens (including phenoxy) is 2. The molecule has 0 aliphatic carbocycles. The highest BCUT2D eigenvalue weighted by atomic mass is 35.5. The monoisotopic (exact) mass is 366 g/mol. The molecule has 1 aromatic heterocycles. The van der Waals surface area contributed by atoms with Crippen molar-refractivity contribution in [1.29, 1.82) is 0 Å². The van der Waals surface area contributed by atoms with E-state index >= 15 is 0 Å². The molecule has 0 saturated carbocycles. The highest BCUT2D eigenvalue weighted by Crippen LogP contribution is 2.29. The van der Waals surface area contributed by atoms with Crippen molar-refractivity contribution >= 4 is 40.7 Å². The van der Waals surface area contributed by atoms with Crippen LogP contribution in [0.15, 0.2) is 24.4 Å². The average molecular weight is 367 g/mol. The van der Waals surface area contributed by atoms with Crippen LogP contribution in [-0.2, 0) is 9.47 Å². The summed E-state index contributed by atoms with van der Waals surface area (Å²) in [5, 5.41) is 13.5. The van der Waals surface area contributed by atoms with Crippen molar-refractivity contribution < 1.29 is 24.0 Å². The molecule has 0 radical (unpaired) electrons. The van der Waals surface area contributed by atoms with E-state index in [1.54, 1.807) is 0 Å². The lowest BCUT2D eigenvalue weighted by atomic mass is 10.1. The smallest absolute Gasteiger partial charge is 0.339 e. The molecule has 0 spiro atoms. The fraction of sp³-hybridized carbons (Fsp3) is 0.143. The van der Waals surface area contributed by atoms with Gasteiger partial charge in [-0.05, 0) is 29.8 Å². The molecule has 0 fully saturated rings. The number of esters is 2. The maximum Gasteiger partial charge on any atom is 0.339 e. The Hall–Kier alpha value is -3.27. The number of nitrogens with zero attached hydrogens (tertiary/aromatic N) is 3. The minimum atomic E-state index is -0.722. The summed E-state index contributed by atoms with van der Waals surface area (Å²) in [5.74, 6) is -1.63. The summed E-state index contributed by atoms with van der Waals surface area (Å²) >= 11 is 5.67. The number of nitro groups is 1. The number of aromatic nitrogens is 2. The van der Waals surface area contributed by atoms with Crippen LogP contribution in [-0.4, -0.2) is 41.0 Å². The van der Waals surface area contributed by atoms with E-state index in [2.05, 4.69) is 24.8 Å². The molecule has 2 rings (SSSR count). The van der Waals surface area contributed by atoms with Crippen LogP contribution in [0.4, 0.5) is 17.2 Å². The third kappa shape index (κ3) is 3.98. The van der Waals surface area contributed by atoms with Crippen LogP contribution in [0.2, 0.25) is 5.28 Å². The first-order chi connectivity index (χ1) is 11.9. The molecular weight excluding hydrogens is 356 g/mol. The van der Waals surface area contributed by atoms with Gasteiger partial charge in [-0.1, -0.05) is 0 Å². The molecule has 2 aromatic rings. The van der Waals surface area contributed by atoms with Crippen LogP contribution >= 0.6 is 11.6 Å². The van der Waals surface area contributed by atoms with Crippen molar-refractivity contribution in [2.75, 3.05) is 19.5 Å². The topological polar surface area (TPSA) is 134 Å². The molecule has 1 heterocycles. The zero-order valence-electron chi connectivity index (χ0n) is 13.0. The first-order valence-electron chi connectivity index (χ1n) is 6.62. The minimum absolute atomic E-state index is 0.0270. The van der Waals surface area contributed by atoms with E-state index in [-0.39, 0.29) is 27.9 Å². The Kier molecular flexibility index (Phi) is 5.45. The van der Waals surface area contributed by atoms with Gasteiger partial charge in [-0.15, -0.1) is 0 Å². The van der Waals surface area contributed by atoms with Crippen molar-refractivity contribution in [3.8, 4) is 0 Å². The summed E-state index contributed by atoms with van der Waals surface area (Å²) in [4.78, 5) is 41.2. The number of methoxy groups -OCH3 is 2. The molecule has 0 atom stereocenters. The standard InChI is InChI=1S/C14H11ClN4O6/c1-24-12(20)7-3-4-8(13(21)25-2)9(5-7)17-11-10(19(22)23)6-16-14(15)18-11/h3-6H,1-2H3,(H,16,17,18). The van der Waals surface area contributed by atoms with Gasteiger partial charge in [0.25, 0.3) is 0 Å². The Morgan fingerprint density at radius 3 is 2.52 bits per heavy atom. The van der Waals surface area contributed by atoms with Gasteiger partial charge in [0.15, 0.2) is 0 Å². The Balaban J connectivity index is 2.57. The van der Waals surface area contributed by atoms with Crippen molar-refractivity contribution in [3.63, 3.8) is 0 Å². The number of nitrogens with one attached hydrogen (secondary N) is 1. The molecule has 25 heavy (non-hydrogen) atoms. The van der Waals surface area contributed by atoms with E-state index in [1.807, 2.05) is 0 Å². The molecule has 0 aliphatic heterocycles. The van der Waals surface area contributed by atoms with E-state index < -0.39 is 22.5 Å². The number of benzene rings is 1. The maximum absolute atomic E-state index is 11.9. The minimum Gasteiger partial charge on any atom is -0.465 e. The lowest BCUT2D eigenvalue weighted by Gasteiger charge is -2.12. The summed E-state index contributed by atoms with van der Waals surface area (Å²) in [6, 6.07) is 3.94. The van der Waals surface area contributed by atoms with Gasteiger partial charge in [0.05, 0.1) is 36.0 Å². The molecule has 11 heteroatoms. The Labute approximate surface area is 145 Å². The zero-order chi connectivity index (χ0) is 18.6. The van der Waals surface area contributed by atoms with Crippen LogP contribution in [0, 0.1) is 10.1 Å². The summed E-state index contributed by atoms with van der Waals surface area (Å²) in [5.41, 5.74) is -0.282. The van der Waals surface area contributed by atoms with Crippen LogP contribution in [0.25, 0.3) is 0 Å². The fourth-order valence-electron chi connectivity index (χ4n) is 1.89. The lowest BCUT2D eigenvalue weighted by molar-refractivity contribution is -0.384. The van der Waals surface area contributed by atoms with Crippen molar-refractivity contribution in [1.82, 2.24) is 9.97 Å². The molecule has 0 amide bonds. The molecule has 0 saturated heterocycles. The van der Waals surface area contributed by atoms with Gasteiger partial charge in [0, 0.05) is 0 Å². The highest BCUT2D eigenvalue weighted by Gasteiger charge is 2.21. The normalized spacial score (nSPS) is 10.0. The molecule has 0 bridgehead atoms. The Morgan fingerprint density at radius 2 is 1.92 bits per heavy atom. The molecule has 130 valence electrons. The Morgan fingerprint density at radius 1 is 1.24 bits per heavy atom. The van der Waals surface area contributed by atoms with Gasteiger partial charge in [-0.2, -0.15) is 4.98 Å².